The van der Waals surface area contributed by atoms with Gasteiger partial charge in [-0.1, -0.05) is 42.5 Å². The summed E-state index contributed by atoms with van der Waals surface area (Å²) in [4.78, 5) is 10.8. The number of carbonyl (C=O) groups excluding carboxylic acids is 1. The Bertz CT molecular complexity index is 891. The quantitative estimate of drug-likeness (QED) is 0.748. The molecule has 0 aliphatic heterocycles. The second kappa shape index (κ2) is 7.27. The minimum Gasteiger partial charge on any atom is -0.457 e. The van der Waals surface area contributed by atoms with Crippen molar-refractivity contribution in [2.75, 3.05) is 5.75 Å². The van der Waals surface area contributed by atoms with Gasteiger partial charge >= 0.3 is 0 Å². The molecule has 0 aliphatic carbocycles. The Kier molecular flexibility index (Phi) is 4.91. The van der Waals surface area contributed by atoms with Gasteiger partial charge in [0.15, 0.2) is 0 Å². The lowest BCUT2D eigenvalue weighted by atomic mass is 10.1. The summed E-state index contributed by atoms with van der Waals surface area (Å²) in [5.74, 6) is 1.10. The Morgan fingerprint density at radius 2 is 1.58 bits per heavy atom. The smallest absolute Gasteiger partial charge is 0.230 e. The Balaban J connectivity index is 1.68. The van der Waals surface area contributed by atoms with Crippen molar-refractivity contribution in [2.45, 2.75) is 5.75 Å². The van der Waals surface area contributed by atoms with E-state index in [9.17, 15) is 9.00 Å². The molecule has 1 atom stereocenters. The Morgan fingerprint density at radius 3 is 2.29 bits per heavy atom. The highest BCUT2D eigenvalue weighted by molar-refractivity contribution is 7.84. The van der Waals surface area contributed by atoms with Gasteiger partial charge in [0.05, 0.1) is 0 Å². The summed E-state index contributed by atoms with van der Waals surface area (Å²) in [5.41, 5.74) is 5.92. The number of rotatable bonds is 6. The van der Waals surface area contributed by atoms with Crippen LogP contribution < -0.4 is 10.5 Å². The topological polar surface area (TPSA) is 69.4 Å². The molecule has 3 aromatic carbocycles. The predicted octanol–water partition coefficient (Wildman–Crippen LogP) is 3.37. The molecule has 0 radical (unpaired) electrons. The Labute approximate surface area is 142 Å². The van der Waals surface area contributed by atoms with E-state index in [4.69, 9.17) is 10.5 Å². The molecule has 0 heterocycles. The van der Waals surface area contributed by atoms with Crippen LogP contribution >= 0.6 is 0 Å². The monoisotopic (exact) mass is 339 g/mol. The highest BCUT2D eigenvalue weighted by atomic mass is 32.2. The van der Waals surface area contributed by atoms with E-state index in [2.05, 4.69) is 6.07 Å². The summed E-state index contributed by atoms with van der Waals surface area (Å²) >= 11 is 0. The van der Waals surface area contributed by atoms with Crippen molar-refractivity contribution >= 4 is 27.5 Å². The minimum absolute atomic E-state index is 0.116. The Hall–Kier alpha value is -2.66. The fourth-order valence-corrected chi connectivity index (χ4v) is 3.40. The highest BCUT2D eigenvalue weighted by Gasteiger charge is 2.06. The summed E-state index contributed by atoms with van der Waals surface area (Å²) < 4.78 is 17.6. The molecule has 0 saturated heterocycles. The lowest BCUT2D eigenvalue weighted by molar-refractivity contribution is -0.115. The van der Waals surface area contributed by atoms with Crippen molar-refractivity contribution < 1.29 is 13.7 Å². The maximum Gasteiger partial charge on any atom is 0.230 e. The van der Waals surface area contributed by atoms with Gasteiger partial charge in [-0.3, -0.25) is 9.00 Å². The summed E-state index contributed by atoms with van der Waals surface area (Å²) in [6.07, 6.45) is 0. The van der Waals surface area contributed by atoms with Crippen LogP contribution in [0.3, 0.4) is 0 Å². The number of amides is 1. The molecule has 122 valence electrons. The first-order valence-electron chi connectivity index (χ1n) is 7.49. The molecule has 0 saturated carbocycles. The van der Waals surface area contributed by atoms with Crippen molar-refractivity contribution in [2.24, 2.45) is 5.73 Å². The fourth-order valence-electron chi connectivity index (χ4n) is 2.42. The molecule has 1 amide bonds. The van der Waals surface area contributed by atoms with Crippen molar-refractivity contribution in [1.82, 2.24) is 0 Å². The lowest BCUT2D eigenvalue weighted by Gasteiger charge is -2.08. The zero-order valence-electron chi connectivity index (χ0n) is 13.0. The van der Waals surface area contributed by atoms with Gasteiger partial charge in [-0.15, -0.1) is 0 Å². The Morgan fingerprint density at radius 1 is 0.917 bits per heavy atom. The molecule has 0 unspecified atom stereocenters. The molecule has 4 nitrogen and oxygen atoms in total. The molecule has 24 heavy (non-hydrogen) atoms. The maximum absolute atomic E-state index is 11.7. The van der Waals surface area contributed by atoms with Crippen molar-refractivity contribution in [1.29, 1.82) is 0 Å². The van der Waals surface area contributed by atoms with E-state index in [1.807, 2.05) is 60.7 Å². The average molecular weight is 339 g/mol. The third kappa shape index (κ3) is 4.20. The zero-order valence-corrected chi connectivity index (χ0v) is 13.8. The van der Waals surface area contributed by atoms with E-state index in [0.717, 1.165) is 22.1 Å². The van der Waals surface area contributed by atoms with Gasteiger partial charge in [0.25, 0.3) is 0 Å². The molecule has 0 bridgehead atoms. The fraction of sp³-hybridized carbons (Fsp3) is 0.105. The lowest BCUT2D eigenvalue weighted by Crippen LogP contribution is -2.20. The van der Waals surface area contributed by atoms with Crippen LogP contribution in [0.5, 0.6) is 11.5 Å². The second-order valence-electron chi connectivity index (χ2n) is 5.45. The van der Waals surface area contributed by atoms with Crippen LogP contribution in [0.25, 0.3) is 10.8 Å². The van der Waals surface area contributed by atoms with Gasteiger partial charge in [0, 0.05) is 16.6 Å². The zero-order chi connectivity index (χ0) is 16.9. The van der Waals surface area contributed by atoms with E-state index < -0.39 is 16.7 Å². The van der Waals surface area contributed by atoms with Gasteiger partial charge in [-0.25, -0.2) is 0 Å². The van der Waals surface area contributed by atoms with E-state index in [-0.39, 0.29) is 5.75 Å². The summed E-state index contributed by atoms with van der Waals surface area (Å²) in [6.45, 7) is 0. The largest absolute Gasteiger partial charge is 0.457 e. The van der Waals surface area contributed by atoms with Crippen LogP contribution in [0.4, 0.5) is 0 Å². The molecular formula is C19H17NO3S. The van der Waals surface area contributed by atoms with Crippen molar-refractivity contribution in [3.8, 4) is 11.5 Å². The van der Waals surface area contributed by atoms with Gasteiger partial charge in [0.2, 0.25) is 5.91 Å². The molecule has 2 N–H and O–H groups in total. The number of hydrogen-bond donors (Lipinski definition) is 1. The van der Waals surface area contributed by atoms with E-state index in [0.29, 0.717) is 11.5 Å². The molecule has 3 aromatic rings. The number of benzene rings is 3. The number of hydrogen-bond acceptors (Lipinski definition) is 3. The number of fused-ring (bicyclic) bond motifs is 1. The average Bonchev–Trinajstić information content (AvgIpc) is 2.56. The third-order valence-corrected chi connectivity index (χ3v) is 4.77. The van der Waals surface area contributed by atoms with Gasteiger partial charge in [-0.05, 0) is 40.6 Å². The van der Waals surface area contributed by atoms with Crippen LogP contribution in [-0.2, 0) is 21.3 Å². The van der Waals surface area contributed by atoms with Crippen LogP contribution in [-0.4, -0.2) is 15.9 Å². The SMILES string of the molecule is NC(=O)C[S@](=O)Cc1ccc(Oc2ccc3ccccc3c2)cc1. The standard InChI is InChI=1S/C19H17NO3S/c20-19(21)13-24(22)12-14-5-8-17(9-6-14)23-18-10-7-15-3-1-2-4-16(15)11-18/h1-11H,12-13H2,(H2,20,21)/t24-/m1/s1. The first-order valence-corrected chi connectivity index (χ1v) is 8.98. The van der Waals surface area contributed by atoms with E-state index in [1.165, 1.54) is 0 Å². The first-order chi connectivity index (χ1) is 11.6. The van der Waals surface area contributed by atoms with Crippen LogP contribution in [0, 0.1) is 0 Å². The number of carbonyl (C=O) groups is 1. The number of nitrogens with two attached hydrogens (primary N) is 1. The van der Waals surface area contributed by atoms with Gasteiger partial charge in [-0.2, -0.15) is 0 Å². The maximum atomic E-state index is 11.7. The summed E-state index contributed by atoms with van der Waals surface area (Å²) in [7, 11) is -1.28. The first kappa shape index (κ1) is 16.2. The molecule has 0 spiro atoms. The van der Waals surface area contributed by atoms with Crippen LogP contribution in [0.2, 0.25) is 0 Å². The summed E-state index contributed by atoms with van der Waals surface area (Å²) in [6, 6.07) is 21.4. The van der Waals surface area contributed by atoms with Crippen molar-refractivity contribution in [3.63, 3.8) is 0 Å². The molecule has 0 aromatic heterocycles. The predicted molar refractivity (Wildman–Crippen MR) is 96.4 cm³/mol. The normalized spacial score (nSPS) is 12.0. The third-order valence-electron chi connectivity index (χ3n) is 3.51. The van der Waals surface area contributed by atoms with Crippen molar-refractivity contribution in [3.05, 3.63) is 72.3 Å². The van der Waals surface area contributed by atoms with Crippen LogP contribution in [0.1, 0.15) is 5.56 Å². The van der Waals surface area contributed by atoms with E-state index in [1.54, 1.807) is 0 Å². The van der Waals surface area contributed by atoms with Crippen LogP contribution in [0.15, 0.2) is 66.7 Å². The highest BCUT2D eigenvalue weighted by Crippen LogP contribution is 2.26. The number of primary amides is 1. The molecule has 3 rings (SSSR count). The van der Waals surface area contributed by atoms with E-state index >= 15 is 0 Å². The van der Waals surface area contributed by atoms with Gasteiger partial charge in [0.1, 0.15) is 17.3 Å². The second-order valence-corrected chi connectivity index (χ2v) is 6.91. The summed E-state index contributed by atoms with van der Waals surface area (Å²) in [5, 5.41) is 2.28. The minimum atomic E-state index is -1.28. The molecule has 0 aliphatic rings. The molecule has 0 fully saturated rings. The molecule has 5 heteroatoms. The number of ether oxygens (including phenoxy) is 1. The van der Waals surface area contributed by atoms with Gasteiger partial charge < -0.3 is 10.5 Å². The molecular weight excluding hydrogens is 322 g/mol.